The molecular weight excluding hydrogens is 368 g/mol. The van der Waals surface area contributed by atoms with Gasteiger partial charge in [-0.3, -0.25) is 0 Å². The zero-order valence-electron chi connectivity index (χ0n) is 19.5. The van der Waals surface area contributed by atoms with Gasteiger partial charge in [0.1, 0.15) is 0 Å². The summed E-state index contributed by atoms with van der Waals surface area (Å²) in [5.41, 5.74) is 6.95. The fourth-order valence-corrected chi connectivity index (χ4v) is 12.3. The van der Waals surface area contributed by atoms with Gasteiger partial charge in [-0.05, 0) is 115 Å². The highest BCUT2D eigenvalue weighted by atomic mass is 32.3. The van der Waals surface area contributed by atoms with E-state index in [-0.39, 0.29) is 0 Å². The van der Waals surface area contributed by atoms with Gasteiger partial charge >= 0.3 is 0 Å². The molecule has 1 heteroatoms. The van der Waals surface area contributed by atoms with Crippen LogP contribution in [0.15, 0.2) is 12.1 Å². The average Bonchev–Trinajstić information content (AvgIpc) is 3.42. The van der Waals surface area contributed by atoms with Crippen molar-refractivity contribution in [1.29, 1.82) is 0 Å². The lowest BCUT2D eigenvalue weighted by atomic mass is 9.73. The fourth-order valence-electron chi connectivity index (χ4n) is 8.32. The van der Waals surface area contributed by atoms with Crippen LogP contribution in [-0.2, 0) is 19.3 Å². The lowest BCUT2D eigenvalue weighted by Crippen LogP contribution is -2.30. The second-order valence-corrected chi connectivity index (χ2v) is 15.7. The van der Waals surface area contributed by atoms with Gasteiger partial charge in [-0.25, -0.2) is 10.0 Å². The summed E-state index contributed by atoms with van der Waals surface area (Å²) >= 11 is 0. The van der Waals surface area contributed by atoms with Crippen LogP contribution in [0, 0.1) is 23.7 Å². The second-order valence-electron chi connectivity index (χ2n) is 11.5. The van der Waals surface area contributed by atoms with Gasteiger partial charge in [-0.15, -0.1) is 0 Å². The van der Waals surface area contributed by atoms with Crippen LogP contribution in [0.4, 0.5) is 0 Å². The summed E-state index contributed by atoms with van der Waals surface area (Å²) in [5, 5.41) is 1.91. The van der Waals surface area contributed by atoms with Crippen molar-refractivity contribution >= 4 is 10.0 Å². The first kappa shape index (κ1) is 20.5. The molecular formula is C28H44S. The van der Waals surface area contributed by atoms with E-state index in [1.807, 2.05) is 5.56 Å². The van der Waals surface area contributed by atoms with E-state index >= 15 is 0 Å². The van der Waals surface area contributed by atoms with Crippen LogP contribution in [0.5, 0.6) is 0 Å². The maximum absolute atomic E-state index is 2.77. The third kappa shape index (κ3) is 3.42. The molecule has 0 aromatic heterocycles. The van der Waals surface area contributed by atoms with E-state index in [9.17, 15) is 0 Å². The Morgan fingerprint density at radius 1 is 0.897 bits per heavy atom. The third-order valence-corrected chi connectivity index (χ3v) is 13.8. The van der Waals surface area contributed by atoms with Gasteiger partial charge in [0.25, 0.3) is 0 Å². The van der Waals surface area contributed by atoms with Crippen molar-refractivity contribution in [3.63, 3.8) is 0 Å². The summed E-state index contributed by atoms with van der Waals surface area (Å²) in [5.74, 6) is 4.09. The normalized spacial score (nSPS) is 35.2. The SMILES string of the molecule is CCCC(C)C1CC(S(C)(C)C2CCc3cc4c(cc32)CCC4)C2CCCCC12. The van der Waals surface area contributed by atoms with Crippen LogP contribution in [0.1, 0.15) is 99.1 Å². The Morgan fingerprint density at radius 3 is 2.38 bits per heavy atom. The molecule has 0 N–H and O–H groups in total. The van der Waals surface area contributed by atoms with Crippen LogP contribution >= 0.6 is 10.0 Å². The predicted octanol–water partition coefficient (Wildman–Crippen LogP) is 7.86. The minimum absolute atomic E-state index is 0.621. The molecule has 1 aromatic carbocycles. The van der Waals surface area contributed by atoms with Crippen molar-refractivity contribution < 1.29 is 0 Å². The quantitative estimate of drug-likeness (QED) is 0.462. The zero-order chi connectivity index (χ0) is 20.2. The van der Waals surface area contributed by atoms with Gasteiger partial charge in [0.05, 0.1) is 0 Å². The molecule has 0 heterocycles. The summed E-state index contributed by atoms with van der Waals surface area (Å²) < 4.78 is 0. The minimum Gasteiger partial charge on any atom is -0.237 e. The second kappa shape index (κ2) is 7.92. The first-order chi connectivity index (χ1) is 14.0. The number of aryl methyl sites for hydroxylation is 3. The van der Waals surface area contributed by atoms with Crippen molar-refractivity contribution in [2.75, 3.05) is 12.5 Å². The molecule has 0 radical (unpaired) electrons. The zero-order valence-corrected chi connectivity index (χ0v) is 20.3. The molecule has 4 aliphatic rings. The van der Waals surface area contributed by atoms with E-state index in [0.29, 0.717) is 0 Å². The van der Waals surface area contributed by atoms with Crippen LogP contribution in [0.3, 0.4) is 0 Å². The summed E-state index contributed by atoms with van der Waals surface area (Å²) in [6.45, 7) is 4.99. The largest absolute Gasteiger partial charge is 0.237 e. The van der Waals surface area contributed by atoms with Crippen LogP contribution in [0.25, 0.3) is 0 Å². The number of benzene rings is 1. The molecule has 0 spiro atoms. The molecule has 0 nitrogen and oxygen atoms in total. The summed E-state index contributed by atoms with van der Waals surface area (Å²) in [4.78, 5) is 0. The van der Waals surface area contributed by atoms with E-state index in [2.05, 4.69) is 38.5 Å². The molecule has 1 aromatic rings. The standard InChI is InChI=1S/C28H44S/c1-5-9-19(2)25-18-28(24-13-7-6-12-23(24)25)29(3,4)27-15-14-22-16-20-10-8-11-21(20)17-26(22)27/h16-17,19,23-25,27-28H,5-15,18H2,1-4H3. The average molecular weight is 413 g/mol. The molecule has 0 amide bonds. The van der Waals surface area contributed by atoms with Gasteiger partial charge in [-0.2, -0.15) is 0 Å². The Bertz CT molecular complexity index is 747. The molecule has 0 bridgehead atoms. The lowest BCUT2D eigenvalue weighted by Gasteiger charge is -2.48. The maximum Gasteiger partial charge on any atom is 0.0144 e. The number of rotatable bonds is 5. The topological polar surface area (TPSA) is 0 Å². The molecule has 2 saturated carbocycles. The number of fused-ring (bicyclic) bond motifs is 3. The Labute approximate surface area is 181 Å². The molecule has 4 aliphatic carbocycles. The van der Waals surface area contributed by atoms with Crippen molar-refractivity contribution in [1.82, 2.24) is 0 Å². The minimum atomic E-state index is -0.621. The Kier molecular flexibility index (Phi) is 5.59. The molecule has 6 unspecified atom stereocenters. The van der Waals surface area contributed by atoms with Crippen molar-refractivity contribution in [3.05, 3.63) is 34.4 Å². The van der Waals surface area contributed by atoms with E-state index in [1.165, 1.54) is 57.8 Å². The lowest BCUT2D eigenvalue weighted by molar-refractivity contribution is 0.180. The summed E-state index contributed by atoms with van der Waals surface area (Å²) in [6.07, 6.45) is 22.9. The number of hydrogen-bond donors (Lipinski definition) is 0. The predicted molar refractivity (Wildman–Crippen MR) is 130 cm³/mol. The third-order valence-electron chi connectivity index (χ3n) is 9.77. The summed E-state index contributed by atoms with van der Waals surface area (Å²) in [6, 6.07) is 5.34. The van der Waals surface area contributed by atoms with E-state index < -0.39 is 10.0 Å². The van der Waals surface area contributed by atoms with Gasteiger partial charge in [0.2, 0.25) is 0 Å². The molecule has 6 atom stereocenters. The van der Waals surface area contributed by atoms with Crippen LogP contribution in [-0.4, -0.2) is 17.8 Å². The van der Waals surface area contributed by atoms with E-state index in [0.717, 1.165) is 34.2 Å². The molecule has 0 aliphatic heterocycles. The van der Waals surface area contributed by atoms with Crippen molar-refractivity contribution in [2.24, 2.45) is 23.7 Å². The van der Waals surface area contributed by atoms with Crippen molar-refractivity contribution in [3.8, 4) is 0 Å². The maximum atomic E-state index is 2.77. The molecule has 5 rings (SSSR count). The van der Waals surface area contributed by atoms with Gasteiger partial charge in [0.15, 0.2) is 0 Å². The van der Waals surface area contributed by atoms with Gasteiger partial charge in [-0.1, -0.05) is 51.7 Å². The van der Waals surface area contributed by atoms with Gasteiger partial charge < -0.3 is 0 Å². The first-order valence-corrected chi connectivity index (χ1v) is 15.4. The smallest absolute Gasteiger partial charge is 0.0144 e. The summed E-state index contributed by atoms with van der Waals surface area (Å²) in [7, 11) is -0.621. The highest BCUT2D eigenvalue weighted by Crippen LogP contribution is 2.70. The Morgan fingerprint density at radius 2 is 1.62 bits per heavy atom. The Hall–Kier alpha value is -0.430. The first-order valence-electron chi connectivity index (χ1n) is 12.9. The van der Waals surface area contributed by atoms with Crippen molar-refractivity contribution in [2.45, 2.75) is 101 Å². The Balaban J connectivity index is 1.44. The number of hydrogen-bond acceptors (Lipinski definition) is 0. The molecule has 0 saturated heterocycles. The highest BCUT2D eigenvalue weighted by Gasteiger charge is 2.51. The van der Waals surface area contributed by atoms with E-state index in [4.69, 9.17) is 0 Å². The fraction of sp³-hybridized carbons (Fsp3) is 0.786. The van der Waals surface area contributed by atoms with Crippen LogP contribution < -0.4 is 0 Å². The molecule has 29 heavy (non-hydrogen) atoms. The molecule has 2 fully saturated rings. The van der Waals surface area contributed by atoms with E-state index in [1.54, 1.807) is 36.0 Å². The monoisotopic (exact) mass is 412 g/mol. The highest BCUT2D eigenvalue weighted by molar-refractivity contribution is 8.33. The van der Waals surface area contributed by atoms with Gasteiger partial charge in [0, 0.05) is 5.25 Å². The van der Waals surface area contributed by atoms with Crippen LogP contribution in [0.2, 0.25) is 0 Å². The molecule has 162 valence electrons.